The minimum Gasteiger partial charge on any atom is -0.343 e. The van der Waals surface area contributed by atoms with Gasteiger partial charge in [-0.25, -0.2) is 8.42 Å². The lowest BCUT2D eigenvalue weighted by atomic mass is 9.96. The summed E-state index contributed by atoms with van der Waals surface area (Å²) in [6.07, 6.45) is -0.929. The zero-order chi connectivity index (χ0) is 27.9. The molecule has 9 nitrogen and oxygen atoms in total. The van der Waals surface area contributed by atoms with Gasteiger partial charge >= 0.3 is 0 Å². The summed E-state index contributed by atoms with van der Waals surface area (Å²) in [5, 5.41) is 3.19. The van der Waals surface area contributed by atoms with Crippen molar-refractivity contribution in [3.05, 3.63) is 63.1 Å². The highest BCUT2D eigenvalue weighted by Crippen LogP contribution is 2.35. The lowest BCUT2D eigenvalue weighted by molar-refractivity contribution is -0.169. The molecule has 3 atom stereocenters. The molecule has 4 rings (SSSR count). The number of fused-ring (bicyclic) bond motifs is 1. The Kier molecular flexibility index (Phi) is 8.30. The second kappa shape index (κ2) is 11.0. The molecular weight excluding hydrogens is 575 g/mol. The van der Waals surface area contributed by atoms with Gasteiger partial charge in [0, 0.05) is 36.0 Å². The van der Waals surface area contributed by atoms with Gasteiger partial charge in [-0.05, 0) is 49.7 Å². The molecule has 2 aliphatic heterocycles. The molecule has 2 heterocycles. The predicted molar refractivity (Wildman–Crippen MR) is 144 cm³/mol. The van der Waals surface area contributed by atoms with Gasteiger partial charge in [0.25, 0.3) is 0 Å². The van der Waals surface area contributed by atoms with Crippen LogP contribution in [-0.4, -0.2) is 77.6 Å². The highest BCUT2D eigenvalue weighted by molar-refractivity contribution is 7.89. The highest BCUT2D eigenvalue weighted by Gasteiger charge is 2.54. The van der Waals surface area contributed by atoms with Crippen molar-refractivity contribution in [3.63, 3.8) is 0 Å². The minimum absolute atomic E-state index is 0.0501. The van der Waals surface area contributed by atoms with E-state index in [2.05, 4.69) is 5.32 Å². The molecule has 204 valence electrons. The number of halogens is 3. The van der Waals surface area contributed by atoms with Crippen molar-refractivity contribution in [2.45, 2.75) is 56.4 Å². The number of nitrogens with one attached hydrogen (secondary N) is 1. The molecule has 0 radical (unpaired) electrons. The summed E-state index contributed by atoms with van der Waals surface area (Å²) in [4.78, 5) is 42.1. The van der Waals surface area contributed by atoms with E-state index < -0.39 is 40.1 Å². The van der Waals surface area contributed by atoms with Crippen molar-refractivity contribution in [1.82, 2.24) is 19.4 Å². The quantitative estimate of drug-likeness (QED) is 0.548. The molecule has 2 aliphatic rings. The van der Waals surface area contributed by atoms with Gasteiger partial charge in [0.1, 0.15) is 23.1 Å². The van der Waals surface area contributed by atoms with Crippen molar-refractivity contribution >= 4 is 62.5 Å². The fourth-order valence-corrected chi connectivity index (χ4v) is 7.47. The number of hydrogen-bond donors (Lipinski definition) is 1. The number of carbonyl (C=O) groups is 3. The normalized spacial score (nSPS) is 22.6. The molecule has 0 bridgehead atoms. The van der Waals surface area contributed by atoms with Crippen LogP contribution in [0.4, 0.5) is 0 Å². The van der Waals surface area contributed by atoms with E-state index in [1.54, 1.807) is 29.2 Å². The van der Waals surface area contributed by atoms with E-state index in [-0.39, 0.29) is 46.4 Å². The Labute approximate surface area is 236 Å². The van der Waals surface area contributed by atoms with Gasteiger partial charge in [-0.1, -0.05) is 46.9 Å². The van der Waals surface area contributed by atoms with Gasteiger partial charge in [-0.15, -0.1) is 0 Å². The van der Waals surface area contributed by atoms with Crippen molar-refractivity contribution in [2.24, 2.45) is 0 Å². The molecule has 0 saturated carbocycles. The van der Waals surface area contributed by atoms with Crippen LogP contribution < -0.4 is 5.32 Å². The Morgan fingerprint density at radius 1 is 1.03 bits per heavy atom. The average molecular weight is 602 g/mol. The molecule has 13 heteroatoms. The van der Waals surface area contributed by atoms with Crippen LogP contribution in [0.3, 0.4) is 0 Å². The number of amides is 3. The van der Waals surface area contributed by atoms with Crippen molar-refractivity contribution in [2.75, 3.05) is 13.1 Å². The summed E-state index contributed by atoms with van der Waals surface area (Å²) in [5.74, 6) is -1.38. The molecule has 2 aromatic rings. The first-order valence-corrected chi connectivity index (χ1v) is 14.5. The SMILES string of the molecule is CC(=O)NC1CN(S(=O)(=O)c2ccc(Cl)cc2Cl)C2CN(C(C)C)C(=O)C(Cc3cccc(Cl)c3)N2C1=O. The van der Waals surface area contributed by atoms with Crippen LogP contribution in [-0.2, 0) is 30.8 Å². The third-order valence-electron chi connectivity index (χ3n) is 6.63. The average Bonchev–Trinajstić information content (AvgIpc) is 2.81. The summed E-state index contributed by atoms with van der Waals surface area (Å²) in [7, 11) is -4.30. The van der Waals surface area contributed by atoms with Gasteiger partial charge in [-0.2, -0.15) is 4.31 Å². The van der Waals surface area contributed by atoms with Crippen LogP contribution in [0.1, 0.15) is 26.3 Å². The van der Waals surface area contributed by atoms with Crippen molar-refractivity contribution < 1.29 is 22.8 Å². The molecule has 2 saturated heterocycles. The van der Waals surface area contributed by atoms with E-state index in [1.165, 1.54) is 30.0 Å². The molecule has 0 aliphatic carbocycles. The second-order valence-corrected chi connectivity index (χ2v) is 12.7. The first-order valence-electron chi connectivity index (χ1n) is 11.9. The van der Waals surface area contributed by atoms with Gasteiger partial charge < -0.3 is 15.1 Å². The molecule has 0 spiro atoms. The number of sulfonamides is 1. The topological polar surface area (TPSA) is 107 Å². The maximum atomic E-state index is 14.0. The summed E-state index contributed by atoms with van der Waals surface area (Å²) < 4.78 is 29.1. The molecule has 2 aromatic carbocycles. The van der Waals surface area contributed by atoms with Crippen LogP contribution >= 0.6 is 34.8 Å². The van der Waals surface area contributed by atoms with Gasteiger partial charge in [0.2, 0.25) is 27.7 Å². The fraction of sp³-hybridized carbons (Fsp3) is 0.400. The third kappa shape index (κ3) is 5.51. The first kappa shape index (κ1) is 28.6. The van der Waals surface area contributed by atoms with Crippen LogP contribution in [0, 0.1) is 0 Å². The Morgan fingerprint density at radius 2 is 1.71 bits per heavy atom. The smallest absolute Gasteiger partial charge is 0.248 e. The zero-order valence-corrected chi connectivity index (χ0v) is 24.0. The largest absolute Gasteiger partial charge is 0.343 e. The lowest BCUT2D eigenvalue weighted by Crippen LogP contribution is -2.76. The van der Waals surface area contributed by atoms with E-state index in [0.29, 0.717) is 10.6 Å². The molecule has 38 heavy (non-hydrogen) atoms. The highest BCUT2D eigenvalue weighted by atomic mass is 35.5. The Morgan fingerprint density at radius 3 is 2.32 bits per heavy atom. The monoisotopic (exact) mass is 600 g/mol. The van der Waals surface area contributed by atoms with E-state index in [1.807, 2.05) is 13.8 Å². The third-order valence-corrected chi connectivity index (χ3v) is 9.45. The fourth-order valence-electron chi connectivity index (χ4n) is 4.92. The second-order valence-electron chi connectivity index (χ2n) is 9.56. The number of rotatable bonds is 6. The Balaban J connectivity index is 1.85. The molecule has 3 unspecified atom stereocenters. The number of carbonyl (C=O) groups excluding carboxylic acids is 3. The summed E-state index contributed by atoms with van der Waals surface area (Å²) >= 11 is 18.5. The molecule has 2 fully saturated rings. The molecule has 3 amide bonds. The van der Waals surface area contributed by atoms with Gasteiger partial charge in [0.15, 0.2) is 0 Å². The van der Waals surface area contributed by atoms with Crippen LogP contribution in [0.2, 0.25) is 15.1 Å². The first-order chi connectivity index (χ1) is 17.8. The Bertz CT molecular complexity index is 1390. The summed E-state index contributed by atoms with van der Waals surface area (Å²) in [5.41, 5.74) is 0.699. The summed E-state index contributed by atoms with van der Waals surface area (Å²) in [6.45, 7) is 4.50. The molecule has 1 N–H and O–H groups in total. The predicted octanol–water partition coefficient (Wildman–Crippen LogP) is 3.17. The van der Waals surface area contributed by atoms with E-state index in [9.17, 15) is 22.8 Å². The van der Waals surface area contributed by atoms with Gasteiger partial charge in [0.05, 0.1) is 11.6 Å². The van der Waals surface area contributed by atoms with Gasteiger partial charge in [-0.3, -0.25) is 14.4 Å². The molecule has 0 aromatic heterocycles. The number of benzene rings is 2. The van der Waals surface area contributed by atoms with E-state index >= 15 is 0 Å². The van der Waals surface area contributed by atoms with E-state index in [4.69, 9.17) is 34.8 Å². The number of hydrogen-bond acceptors (Lipinski definition) is 5. The standard InChI is InChI=1S/C25H27Cl3N4O5S/c1-14(2)30-13-23-31(38(36,37)22-8-7-18(27)11-19(22)28)12-20(29-15(3)33)24(34)32(23)21(25(30)35)10-16-5-4-6-17(26)9-16/h4-9,11,14,20-21,23H,10,12-13H2,1-3H3,(H,29,33). The minimum atomic E-state index is -4.30. The van der Waals surface area contributed by atoms with E-state index in [0.717, 1.165) is 4.31 Å². The number of nitrogens with zero attached hydrogens (tertiary/aromatic N) is 3. The summed E-state index contributed by atoms with van der Waals surface area (Å²) in [6, 6.07) is 8.43. The van der Waals surface area contributed by atoms with Crippen molar-refractivity contribution in [1.29, 1.82) is 0 Å². The Hall–Kier alpha value is -2.37. The number of piperazine rings is 1. The maximum Gasteiger partial charge on any atom is 0.248 e. The van der Waals surface area contributed by atoms with Crippen LogP contribution in [0.25, 0.3) is 0 Å². The maximum absolute atomic E-state index is 14.0. The van der Waals surface area contributed by atoms with Crippen LogP contribution in [0.15, 0.2) is 47.4 Å². The lowest BCUT2D eigenvalue weighted by Gasteiger charge is -2.54. The molecular formula is C25H27Cl3N4O5S. The van der Waals surface area contributed by atoms with Crippen LogP contribution in [0.5, 0.6) is 0 Å². The van der Waals surface area contributed by atoms with Crippen molar-refractivity contribution in [3.8, 4) is 0 Å². The zero-order valence-electron chi connectivity index (χ0n) is 20.9.